The molecule has 0 fully saturated rings. The summed E-state index contributed by atoms with van der Waals surface area (Å²) in [6.07, 6.45) is 3.46. The summed E-state index contributed by atoms with van der Waals surface area (Å²) in [5.74, 6) is -0.950. The highest BCUT2D eigenvalue weighted by Gasteiger charge is 2.01. The molecule has 0 spiro atoms. The fourth-order valence-corrected chi connectivity index (χ4v) is 1.43. The van der Waals surface area contributed by atoms with Gasteiger partial charge in [0.15, 0.2) is 0 Å². The lowest BCUT2D eigenvalue weighted by atomic mass is 10.1. The van der Waals surface area contributed by atoms with E-state index in [9.17, 15) is 4.79 Å². The number of carboxylic acids is 1. The highest BCUT2D eigenvalue weighted by atomic mass is 16.4. The van der Waals surface area contributed by atoms with Gasteiger partial charge < -0.3 is 10.4 Å². The van der Waals surface area contributed by atoms with Gasteiger partial charge in [0.2, 0.25) is 0 Å². The zero-order valence-corrected chi connectivity index (χ0v) is 8.95. The number of hydrogen-bond donors (Lipinski definition) is 2. The molecule has 2 N–H and O–H groups in total. The maximum absolute atomic E-state index is 10.3. The fourth-order valence-electron chi connectivity index (χ4n) is 1.43. The second kappa shape index (κ2) is 5.20. The molecule has 0 heterocycles. The van der Waals surface area contributed by atoms with Gasteiger partial charge in [-0.25, -0.2) is 4.79 Å². The Morgan fingerprint density at radius 1 is 1.53 bits per heavy atom. The van der Waals surface area contributed by atoms with Crippen molar-refractivity contribution >= 4 is 11.7 Å². The van der Waals surface area contributed by atoms with Crippen LogP contribution in [0, 0.1) is 6.92 Å². The normalized spacial score (nSPS) is 10.5. The van der Waals surface area contributed by atoms with Crippen LogP contribution in [0.25, 0.3) is 0 Å². The molecular formula is C12H15NO2. The maximum atomic E-state index is 10.3. The summed E-state index contributed by atoms with van der Waals surface area (Å²) < 4.78 is 0. The van der Waals surface area contributed by atoms with Crippen molar-refractivity contribution in [3.8, 4) is 0 Å². The molecule has 0 saturated carbocycles. The summed E-state index contributed by atoms with van der Waals surface area (Å²) in [7, 11) is 0. The van der Waals surface area contributed by atoms with E-state index in [1.165, 1.54) is 11.8 Å². The van der Waals surface area contributed by atoms with Gasteiger partial charge in [-0.05, 0) is 24.5 Å². The second-order valence-corrected chi connectivity index (χ2v) is 3.28. The van der Waals surface area contributed by atoms with Crippen molar-refractivity contribution in [2.45, 2.75) is 20.3 Å². The molecule has 1 rings (SSSR count). The third kappa shape index (κ3) is 3.13. The first-order valence-electron chi connectivity index (χ1n) is 4.89. The first kappa shape index (κ1) is 11.3. The smallest absolute Gasteiger partial charge is 0.329 e. The zero-order valence-electron chi connectivity index (χ0n) is 8.95. The Bertz CT molecular complexity index is 383. The molecule has 0 amide bonds. The highest BCUT2D eigenvalue weighted by molar-refractivity contribution is 5.80. The number of hydrogen-bond acceptors (Lipinski definition) is 2. The number of aryl methyl sites for hydroxylation is 2. The van der Waals surface area contributed by atoms with Crippen LogP contribution in [0.4, 0.5) is 5.69 Å². The van der Waals surface area contributed by atoms with E-state index in [-0.39, 0.29) is 0 Å². The van der Waals surface area contributed by atoms with E-state index in [4.69, 9.17) is 5.11 Å². The number of anilines is 1. The minimum Gasteiger partial charge on any atom is -0.478 e. The Kier molecular flexibility index (Phi) is 3.92. The molecule has 0 aromatic heterocycles. The molecule has 0 radical (unpaired) electrons. The minimum absolute atomic E-state index is 0.922. The standard InChI is InChI=1S/C12H15NO2/c1-3-10-6-4-5-9(2)12(10)13-8-7-11(14)15/h4-8,13H,3H2,1-2H3,(H,14,15)/b8-7+. The van der Waals surface area contributed by atoms with Crippen molar-refractivity contribution in [2.24, 2.45) is 0 Å². The SMILES string of the molecule is CCc1cccc(C)c1N/C=C/C(=O)O. The lowest BCUT2D eigenvalue weighted by molar-refractivity contribution is -0.131. The molecule has 80 valence electrons. The highest BCUT2D eigenvalue weighted by Crippen LogP contribution is 2.20. The fraction of sp³-hybridized carbons (Fsp3) is 0.250. The number of aliphatic carboxylic acids is 1. The third-order valence-electron chi connectivity index (χ3n) is 2.19. The molecule has 0 aliphatic heterocycles. The van der Waals surface area contributed by atoms with E-state index in [1.54, 1.807) is 0 Å². The van der Waals surface area contributed by atoms with Gasteiger partial charge in [0.1, 0.15) is 0 Å². The summed E-state index contributed by atoms with van der Waals surface area (Å²) >= 11 is 0. The van der Waals surface area contributed by atoms with E-state index < -0.39 is 5.97 Å². The summed E-state index contributed by atoms with van der Waals surface area (Å²) in [6, 6.07) is 6.03. The van der Waals surface area contributed by atoms with E-state index in [0.717, 1.165) is 23.7 Å². The number of carbonyl (C=O) groups is 1. The van der Waals surface area contributed by atoms with E-state index >= 15 is 0 Å². The van der Waals surface area contributed by atoms with Crippen molar-refractivity contribution in [1.29, 1.82) is 0 Å². The van der Waals surface area contributed by atoms with Gasteiger partial charge >= 0.3 is 5.97 Å². The Balaban J connectivity index is 2.88. The van der Waals surface area contributed by atoms with Crippen molar-refractivity contribution in [3.05, 3.63) is 41.6 Å². The Morgan fingerprint density at radius 3 is 2.87 bits per heavy atom. The van der Waals surface area contributed by atoms with Gasteiger partial charge in [-0.15, -0.1) is 0 Å². The Hall–Kier alpha value is -1.77. The number of benzene rings is 1. The van der Waals surface area contributed by atoms with Gasteiger partial charge in [-0.2, -0.15) is 0 Å². The number of rotatable bonds is 4. The van der Waals surface area contributed by atoms with Gasteiger partial charge in [0.25, 0.3) is 0 Å². The van der Waals surface area contributed by atoms with Crippen LogP contribution in [-0.4, -0.2) is 11.1 Å². The lowest BCUT2D eigenvalue weighted by Crippen LogP contribution is -1.98. The molecule has 1 aromatic rings. The second-order valence-electron chi connectivity index (χ2n) is 3.28. The molecule has 3 heteroatoms. The van der Waals surface area contributed by atoms with Crippen LogP contribution < -0.4 is 5.32 Å². The molecule has 15 heavy (non-hydrogen) atoms. The molecule has 3 nitrogen and oxygen atoms in total. The van der Waals surface area contributed by atoms with Gasteiger partial charge in [-0.1, -0.05) is 25.1 Å². The van der Waals surface area contributed by atoms with E-state index in [2.05, 4.69) is 12.2 Å². The predicted octanol–water partition coefficient (Wildman–Crippen LogP) is 2.57. The summed E-state index contributed by atoms with van der Waals surface area (Å²) in [6.45, 7) is 4.07. The molecule has 0 saturated heterocycles. The predicted molar refractivity (Wildman–Crippen MR) is 61.0 cm³/mol. The van der Waals surface area contributed by atoms with Crippen molar-refractivity contribution in [3.63, 3.8) is 0 Å². The molecule has 0 atom stereocenters. The lowest BCUT2D eigenvalue weighted by Gasteiger charge is -2.10. The Morgan fingerprint density at radius 2 is 2.27 bits per heavy atom. The van der Waals surface area contributed by atoms with Crippen LogP contribution in [0.2, 0.25) is 0 Å². The largest absolute Gasteiger partial charge is 0.478 e. The van der Waals surface area contributed by atoms with Crippen molar-refractivity contribution in [2.75, 3.05) is 5.32 Å². The average Bonchev–Trinajstić information content (AvgIpc) is 2.20. The van der Waals surface area contributed by atoms with Crippen LogP contribution in [0.5, 0.6) is 0 Å². The van der Waals surface area contributed by atoms with Crippen LogP contribution in [0.1, 0.15) is 18.1 Å². The zero-order chi connectivity index (χ0) is 11.3. The number of carboxylic acid groups (broad SMARTS) is 1. The molecule has 1 aromatic carbocycles. The first-order chi connectivity index (χ1) is 7.15. The van der Waals surface area contributed by atoms with Gasteiger partial charge in [-0.3, -0.25) is 0 Å². The topological polar surface area (TPSA) is 49.3 Å². The van der Waals surface area contributed by atoms with Gasteiger partial charge in [0, 0.05) is 18.0 Å². The first-order valence-corrected chi connectivity index (χ1v) is 4.89. The van der Waals surface area contributed by atoms with Crippen LogP contribution >= 0.6 is 0 Å². The minimum atomic E-state index is -0.950. The molecule has 0 aliphatic rings. The van der Waals surface area contributed by atoms with Crippen molar-refractivity contribution < 1.29 is 9.90 Å². The summed E-state index contributed by atoms with van der Waals surface area (Å²) in [4.78, 5) is 10.3. The summed E-state index contributed by atoms with van der Waals surface area (Å²) in [5, 5.41) is 11.5. The molecular weight excluding hydrogens is 190 g/mol. The third-order valence-corrected chi connectivity index (χ3v) is 2.19. The van der Waals surface area contributed by atoms with Crippen LogP contribution in [0.3, 0.4) is 0 Å². The number of nitrogens with one attached hydrogen (secondary N) is 1. The average molecular weight is 205 g/mol. The quantitative estimate of drug-likeness (QED) is 0.743. The van der Waals surface area contributed by atoms with Crippen LogP contribution in [-0.2, 0) is 11.2 Å². The van der Waals surface area contributed by atoms with E-state index in [0.29, 0.717) is 0 Å². The Labute approximate surface area is 89.4 Å². The van der Waals surface area contributed by atoms with Gasteiger partial charge in [0.05, 0.1) is 0 Å². The molecule has 0 aliphatic carbocycles. The van der Waals surface area contributed by atoms with Crippen molar-refractivity contribution in [1.82, 2.24) is 0 Å². The van der Waals surface area contributed by atoms with Crippen LogP contribution in [0.15, 0.2) is 30.5 Å². The summed E-state index contributed by atoms with van der Waals surface area (Å²) in [5.41, 5.74) is 3.30. The van der Waals surface area contributed by atoms with E-state index in [1.807, 2.05) is 25.1 Å². The molecule has 0 bridgehead atoms. The molecule has 0 unspecified atom stereocenters. The number of para-hydroxylation sites is 1. The monoisotopic (exact) mass is 205 g/mol. The maximum Gasteiger partial charge on any atom is 0.329 e.